The third kappa shape index (κ3) is 6.10. The number of aliphatic imine (C=N–C) groups is 1. The van der Waals surface area contributed by atoms with Crippen LogP contribution in [0.1, 0.15) is 11.3 Å². The maximum absolute atomic E-state index is 6.19. The van der Waals surface area contributed by atoms with Gasteiger partial charge in [-0.25, -0.2) is 0 Å². The molecule has 0 aliphatic carbocycles. The number of aromatic nitrogens is 1. The van der Waals surface area contributed by atoms with Crippen molar-refractivity contribution in [3.63, 3.8) is 0 Å². The maximum atomic E-state index is 6.19. The van der Waals surface area contributed by atoms with E-state index in [9.17, 15) is 0 Å². The molecule has 0 saturated carbocycles. The molecule has 2 aromatic rings. The van der Waals surface area contributed by atoms with Gasteiger partial charge in [0.2, 0.25) is 0 Å². The number of guanidine groups is 1. The van der Waals surface area contributed by atoms with E-state index in [1.807, 2.05) is 36.4 Å². The minimum Gasteiger partial charge on any atom is -0.352 e. The van der Waals surface area contributed by atoms with Crippen molar-refractivity contribution in [1.29, 1.82) is 0 Å². The average molecular weight is 496 g/mol. The lowest BCUT2D eigenvalue weighted by atomic mass is 10.2. The van der Waals surface area contributed by atoms with Gasteiger partial charge in [0, 0.05) is 29.3 Å². The van der Waals surface area contributed by atoms with Crippen LogP contribution >= 0.6 is 51.5 Å². The fourth-order valence-electron chi connectivity index (χ4n) is 1.74. The Kier molecular flexibility index (Phi) is 8.74. The van der Waals surface area contributed by atoms with Crippen LogP contribution in [0, 0.1) is 0 Å². The zero-order valence-electron chi connectivity index (χ0n) is 12.0. The highest BCUT2D eigenvalue weighted by Gasteiger charge is 2.03. The quantitative estimate of drug-likeness (QED) is 0.383. The molecule has 0 atom stereocenters. The van der Waals surface area contributed by atoms with E-state index >= 15 is 0 Å². The molecule has 0 fully saturated rings. The van der Waals surface area contributed by atoms with E-state index in [2.05, 4.69) is 36.5 Å². The van der Waals surface area contributed by atoms with Gasteiger partial charge in [-0.2, -0.15) is 0 Å². The van der Waals surface area contributed by atoms with Gasteiger partial charge in [-0.3, -0.25) is 9.98 Å². The zero-order chi connectivity index (χ0) is 15.1. The predicted octanol–water partition coefficient (Wildman–Crippen LogP) is 3.98. The summed E-state index contributed by atoms with van der Waals surface area (Å²) in [5.74, 6) is 0.708. The van der Waals surface area contributed by atoms with Crippen LogP contribution in [0.2, 0.25) is 5.02 Å². The number of nitrogens with one attached hydrogen (secondary N) is 2. The summed E-state index contributed by atoms with van der Waals surface area (Å²) in [6.07, 6.45) is 1.77. The topological polar surface area (TPSA) is 49.3 Å². The number of rotatable bonds is 4. The van der Waals surface area contributed by atoms with E-state index in [1.165, 1.54) is 0 Å². The van der Waals surface area contributed by atoms with Gasteiger partial charge in [0.05, 0.1) is 12.2 Å². The van der Waals surface area contributed by atoms with Gasteiger partial charge in [-0.1, -0.05) is 39.7 Å². The molecule has 0 aliphatic rings. The van der Waals surface area contributed by atoms with Crippen molar-refractivity contribution in [2.75, 3.05) is 7.05 Å². The van der Waals surface area contributed by atoms with Gasteiger partial charge in [0.25, 0.3) is 0 Å². The van der Waals surface area contributed by atoms with E-state index in [1.54, 1.807) is 13.2 Å². The molecular weight excluding hydrogens is 478 g/mol. The molecule has 0 saturated heterocycles. The number of hydrogen-bond acceptors (Lipinski definition) is 2. The number of nitrogens with zero attached hydrogens (tertiary/aromatic N) is 2. The molecule has 0 aliphatic heterocycles. The highest BCUT2D eigenvalue weighted by molar-refractivity contribution is 14.0. The summed E-state index contributed by atoms with van der Waals surface area (Å²) < 4.78 is 0.967. The summed E-state index contributed by atoms with van der Waals surface area (Å²) in [4.78, 5) is 8.44. The number of benzene rings is 1. The largest absolute Gasteiger partial charge is 0.352 e. The molecule has 2 rings (SSSR count). The summed E-state index contributed by atoms with van der Waals surface area (Å²) in [6.45, 7) is 1.22. The van der Waals surface area contributed by atoms with Crippen LogP contribution in [0.25, 0.3) is 0 Å². The second kappa shape index (κ2) is 10.0. The number of hydrogen-bond donors (Lipinski definition) is 2. The fourth-order valence-corrected chi connectivity index (χ4v) is 2.48. The van der Waals surface area contributed by atoms with Crippen molar-refractivity contribution < 1.29 is 0 Å². The standard InChI is InChI=1S/C15H16BrClN4.HI/c1-18-15(21-10-13-4-2-3-7-19-13)20-9-11-5-6-12(16)8-14(11)17;/h2-8H,9-10H2,1H3,(H2,18,20,21);1H. The second-order valence-corrected chi connectivity index (χ2v) is 5.66. The molecule has 118 valence electrons. The Bertz CT molecular complexity index is 622. The Labute approximate surface area is 160 Å². The summed E-state index contributed by atoms with van der Waals surface area (Å²) in [6, 6.07) is 11.6. The molecule has 1 aromatic heterocycles. The lowest BCUT2D eigenvalue weighted by Gasteiger charge is -2.12. The van der Waals surface area contributed by atoms with E-state index in [-0.39, 0.29) is 24.0 Å². The first-order chi connectivity index (χ1) is 10.2. The van der Waals surface area contributed by atoms with Gasteiger partial charge in [0.15, 0.2) is 5.96 Å². The minimum absolute atomic E-state index is 0. The molecule has 0 radical (unpaired) electrons. The molecule has 0 bridgehead atoms. The molecule has 0 unspecified atom stereocenters. The molecular formula is C15H17BrClIN4. The van der Waals surface area contributed by atoms with Crippen molar-refractivity contribution >= 4 is 57.5 Å². The Morgan fingerprint density at radius 3 is 2.64 bits per heavy atom. The van der Waals surface area contributed by atoms with Crippen molar-refractivity contribution in [3.8, 4) is 0 Å². The smallest absolute Gasteiger partial charge is 0.191 e. The second-order valence-electron chi connectivity index (χ2n) is 4.34. The van der Waals surface area contributed by atoms with Crippen LogP contribution in [0.4, 0.5) is 0 Å². The van der Waals surface area contributed by atoms with Crippen molar-refractivity contribution in [3.05, 3.63) is 63.3 Å². The average Bonchev–Trinajstić information content (AvgIpc) is 2.50. The highest BCUT2D eigenvalue weighted by Crippen LogP contribution is 2.21. The van der Waals surface area contributed by atoms with Crippen LogP contribution in [0.3, 0.4) is 0 Å². The summed E-state index contributed by atoms with van der Waals surface area (Å²) >= 11 is 9.58. The van der Waals surface area contributed by atoms with Crippen LogP contribution < -0.4 is 10.6 Å². The van der Waals surface area contributed by atoms with Gasteiger partial charge >= 0.3 is 0 Å². The van der Waals surface area contributed by atoms with Crippen molar-refractivity contribution in [1.82, 2.24) is 15.6 Å². The molecule has 1 aromatic carbocycles. The van der Waals surface area contributed by atoms with Gasteiger partial charge in [-0.05, 0) is 29.8 Å². The van der Waals surface area contributed by atoms with Crippen molar-refractivity contribution in [2.24, 2.45) is 4.99 Å². The summed E-state index contributed by atoms with van der Waals surface area (Å²) in [7, 11) is 1.73. The Balaban J connectivity index is 0.00000242. The third-order valence-corrected chi connectivity index (χ3v) is 3.69. The molecule has 4 nitrogen and oxygen atoms in total. The normalized spacial score (nSPS) is 10.8. The van der Waals surface area contributed by atoms with E-state index in [4.69, 9.17) is 11.6 Å². The molecule has 22 heavy (non-hydrogen) atoms. The lowest BCUT2D eigenvalue weighted by Crippen LogP contribution is -2.36. The Morgan fingerprint density at radius 1 is 1.23 bits per heavy atom. The van der Waals surface area contributed by atoms with Crippen LogP contribution in [-0.4, -0.2) is 18.0 Å². The predicted molar refractivity (Wildman–Crippen MR) is 106 cm³/mol. The highest BCUT2D eigenvalue weighted by atomic mass is 127. The van der Waals surface area contributed by atoms with Crippen LogP contribution in [0.15, 0.2) is 52.1 Å². The fraction of sp³-hybridized carbons (Fsp3) is 0.200. The first-order valence-corrected chi connectivity index (χ1v) is 7.64. The first-order valence-electron chi connectivity index (χ1n) is 6.47. The van der Waals surface area contributed by atoms with Crippen molar-refractivity contribution in [2.45, 2.75) is 13.1 Å². The Morgan fingerprint density at radius 2 is 2.00 bits per heavy atom. The number of halogens is 3. The van der Waals surface area contributed by atoms with Gasteiger partial charge in [0.1, 0.15) is 0 Å². The molecule has 0 amide bonds. The molecule has 0 spiro atoms. The molecule has 1 heterocycles. The molecule has 7 heteroatoms. The molecule has 2 N–H and O–H groups in total. The first kappa shape index (κ1) is 19.2. The monoisotopic (exact) mass is 494 g/mol. The van der Waals surface area contributed by atoms with Gasteiger partial charge < -0.3 is 10.6 Å². The minimum atomic E-state index is 0. The van der Waals surface area contributed by atoms with Gasteiger partial charge in [-0.15, -0.1) is 24.0 Å². The van der Waals surface area contributed by atoms with Crippen LogP contribution in [-0.2, 0) is 13.1 Å². The van der Waals surface area contributed by atoms with Crippen LogP contribution in [0.5, 0.6) is 0 Å². The SMILES string of the molecule is CN=C(NCc1ccccn1)NCc1ccc(Br)cc1Cl.I. The summed E-state index contributed by atoms with van der Waals surface area (Å²) in [5.41, 5.74) is 1.97. The van der Waals surface area contributed by atoms with E-state index in [0.717, 1.165) is 20.8 Å². The van der Waals surface area contributed by atoms with E-state index < -0.39 is 0 Å². The summed E-state index contributed by atoms with van der Waals surface area (Å²) in [5, 5.41) is 7.16. The Hall–Kier alpha value is -0.860. The zero-order valence-corrected chi connectivity index (χ0v) is 16.7. The maximum Gasteiger partial charge on any atom is 0.191 e. The number of pyridine rings is 1. The lowest BCUT2D eigenvalue weighted by molar-refractivity contribution is 0.794. The third-order valence-electron chi connectivity index (χ3n) is 2.85. The van der Waals surface area contributed by atoms with E-state index in [0.29, 0.717) is 19.0 Å².